The van der Waals surface area contributed by atoms with Crippen molar-refractivity contribution < 1.29 is 33.7 Å². The molecule has 2 N–H and O–H groups in total. The highest BCUT2D eigenvalue weighted by atomic mass is 16.6. The van der Waals surface area contributed by atoms with Crippen molar-refractivity contribution in [2.45, 2.75) is 44.8 Å². The Morgan fingerprint density at radius 2 is 2.21 bits per heavy atom. The van der Waals surface area contributed by atoms with Crippen molar-refractivity contribution in [2.24, 2.45) is 22.7 Å². The minimum atomic E-state index is -1.23. The van der Waals surface area contributed by atoms with Gasteiger partial charge in [-0.3, -0.25) is 4.79 Å². The standard InChI is InChI=1S/C21H26O7/c1-12-8-17(23)21(11-22)14(18(24)26-2)4-3-5-16(21)20(12)9-15(28-19(20)25)13-6-7-27-10-13/h4,6-7,10,12,15-17,22-23H,3,5,8-9,11H2,1-2H3/t12-,15+,16-,17-,20-,21+/m1/s1. The molecule has 1 spiro atoms. The molecule has 2 aliphatic carbocycles. The maximum Gasteiger partial charge on any atom is 0.334 e. The second-order valence-electron chi connectivity index (χ2n) is 8.29. The van der Waals surface area contributed by atoms with Crippen LogP contribution >= 0.6 is 0 Å². The molecule has 1 aromatic rings. The third-order valence-corrected chi connectivity index (χ3v) is 7.33. The van der Waals surface area contributed by atoms with E-state index in [-0.39, 0.29) is 17.5 Å². The number of cyclic esters (lactones) is 1. The maximum atomic E-state index is 13.3. The second-order valence-corrected chi connectivity index (χ2v) is 8.29. The first kappa shape index (κ1) is 19.2. The number of hydrogen-bond acceptors (Lipinski definition) is 7. The number of carbonyl (C=O) groups is 2. The summed E-state index contributed by atoms with van der Waals surface area (Å²) in [5.41, 5.74) is -1.07. The van der Waals surface area contributed by atoms with Crippen LogP contribution in [0, 0.1) is 22.7 Å². The van der Waals surface area contributed by atoms with Crippen molar-refractivity contribution in [3.05, 3.63) is 35.8 Å². The number of furan rings is 1. The molecule has 1 saturated heterocycles. The molecule has 0 unspecified atom stereocenters. The Morgan fingerprint density at radius 3 is 2.86 bits per heavy atom. The fraction of sp³-hybridized carbons (Fsp3) is 0.619. The summed E-state index contributed by atoms with van der Waals surface area (Å²) in [6.07, 6.45) is 5.33. The van der Waals surface area contributed by atoms with Crippen LogP contribution in [0.1, 0.15) is 44.3 Å². The smallest absolute Gasteiger partial charge is 0.334 e. The number of rotatable bonds is 3. The molecule has 2 fully saturated rings. The molecule has 0 amide bonds. The van der Waals surface area contributed by atoms with Crippen LogP contribution in [0.2, 0.25) is 0 Å². The Balaban J connectivity index is 1.82. The number of methoxy groups -OCH3 is 1. The molecule has 28 heavy (non-hydrogen) atoms. The molecule has 3 aliphatic rings. The van der Waals surface area contributed by atoms with Gasteiger partial charge in [-0.1, -0.05) is 13.0 Å². The summed E-state index contributed by atoms with van der Waals surface area (Å²) in [4.78, 5) is 25.8. The van der Waals surface area contributed by atoms with Crippen molar-refractivity contribution in [1.29, 1.82) is 0 Å². The zero-order valence-electron chi connectivity index (χ0n) is 16.1. The number of hydrogen-bond donors (Lipinski definition) is 2. The third kappa shape index (κ3) is 2.35. The molecule has 7 nitrogen and oxygen atoms in total. The molecule has 152 valence electrons. The van der Waals surface area contributed by atoms with Crippen molar-refractivity contribution in [3.8, 4) is 0 Å². The van der Waals surface area contributed by atoms with Gasteiger partial charge < -0.3 is 24.1 Å². The monoisotopic (exact) mass is 390 g/mol. The summed E-state index contributed by atoms with van der Waals surface area (Å²) < 4.78 is 15.9. The van der Waals surface area contributed by atoms with Crippen LogP contribution in [-0.4, -0.2) is 42.0 Å². The van der Waals surface area contributed by atoms with Gasteiger partial charge in [0, 0.05) is 17.6 Å². The SMILES string of the molecule is COC(=O)C1=CCC[C@@H]2[C@@]3(C[C@@H](c4ccoc4)OC3=O)[C@H](C)C[C@@H](O)[C@@]12CO. The van der Waals surface area contributed by atoms with Gasteiger partial charge >= 0.3 is 11.9 Å². The number of fused-ring (bicyclic) bond motifs is 2. The second kappa shape index (κ2) is 6.74. The fourth-order valence-corrected chi connectivity index (χ4v) is 5.94. The molecule has 0 bridgehead atoms. The minimum Gasteiger partial charge on any atom is -0.472 e. The Kier molecular flexibility index (Phi) is 4.62. The van der Waals surface area contributed by atoms with E-state index in [1.165, 1.54) is 7.11 Å². The largest absolute Gasteiger partial charge is 0.472 e. The Hall–Kier alpha value is -2.12. The molecule has 0 radical (unpaired) electrons. The van der Waals surface area contributed by atoms with E-state index in [9.17, 15) is 19.8 Å². The zero-order valence-corrected chi connectivity index (χ0v) is 16.1. The molecule has 7 heteroatoms. The van der Waals surface area contributed by atoms with Crippen LogP contribution < -0.4 is 0 Å². The van der Waals surface area contributed by atoms with E-state index >= 15 is 0 Å². The van der Waals surface area contributed by atoms with E-state index in [1.54, 1.807) is 24.7 Å². The minimum absolute atomic E-state index is 0.159. The number of carbonyl (C=O) groups excluding carboxylic acids is 2. The first-order valence-electron chi connectivity index (χ1n) is 9.72. The van der Waals surface area contributed by atoms with Crippen molar-refractivity contribution in [1.82, 2.24) is 0 Å². The highest BCUT2D eigenvalue weighted by molar-refractivity contribution is 5.91. The van der Waals surface area contributed by atoms with E-state index in [0.717, 1.165) is 5.56 Å². The summed E-state index contributed by atoms with van der Waals surface area (Å²) in [6, 6.07) is 1.78. The highest BCUT2D eigenvalue weighted by Gasteiger charge is 2.69. The van der Waals surface area contributed by atoms with E-state index in [1.807, 2.05) is 6.92 Å². The lowest BCUT2D eigenvalue weighted by Crippen LogP contribution is -2.62. The van der Waals surface area contributed by atoms with E-state index in [0.29, 0.717) is 25.7 Å². The molecular weight excluding hydrogens is 364 g/mol. The van der Waals surface area contributed by atoms with E-state index < -0.39 is 41.5 Å². The van der Waals surface area contributed by atoms with Gasteiger partial charge in [-0.2, -0.15) is 0 Å². The summed E-state index contributed by atoms with van der Waals surface area (Å²) in [5.74, 6) is -1.48. The van der Waals surface area contributed by atoms with E-state index in [2.05, 4.69) is 0 Å². The number of allylic oxidation sites excluding steroid dienone is 1. The molecule has 0 aromatic carbocycles. The van der Waals surface area contributed by atoms with E-state index in [4.69, 9.17) is 13.9 Å². The van der Waals surface area contributed by atoms with Crippen LogP contribution in [0.4, 0.5) is 0 Å². The Bertz CT molecular complexity index is 798. The van der Waals surface area contributed by atoms with Crippen molar-refractivity contribution in [2.75, 3.05) is 13.7 Å². The predicted molar refractivity (Wildman–Crippen MR) is 96.7 cm³/mol. The van der Waals surface area contributed by atoms with Gasteiger partial charge in [0.25, 0.3) is 0 Å². The van der Waals surface area contributed by atoms with Gasteiger partial charge in [0.05, 0.1) is 43.2 Å². The number of aliphatic hydroxyl groups is 2. The third-order valence-electron chi connectivity index (χ3n) is 7.33. The van der Waals surface area contributed by atoms with Crippen LogP contribution in [0.15, 0.2) is 34.7 Å². The molecule has 2 heterocycles. The lowest BCUT2D eigenvalue weighted by Gasteiger charge is -2.58. The normalized spacial score (nSPS) is 40.0. The Morgan fingerprint density at radius 1 is 1.43 bits per heavy atom. The number of aliphatic hydroxyl groups excluding tert-OH is 2. The molecule has 1 aromatic heterocycles. The van der Waals surface area contributed by atoms with Gasteiger partial charge in [-0.05, 0) is 37.2 Å². The lowest BCUT2D eigenvalue weighted by atomic mass is 9.45. The van der Waals surface area contributed by atoms with Crippen LogP contribution in [0.3, 0.4) is 0 Å². The topological polar surface area (TPSA) is 106 Å². The molecule has 6 atom stereocenters. The fourth-order valence-electron chi connectivity index (χ4n) is 5.94. The molecule has 1 aliphatic heterocycles. The van der Waals surface area contributed by atoms with Crippen LogP contribution in [-0.2, 0) is 19.1 Å². The van der Waals surface area contributed by atoms with Gasteiger partial charge in [-0.25, -0.2) is 4.79 Å². The highest BCUT2D eigenvalue weighted by Crippen LogP contribution is 2.65. The average molecular weight is 390 g/mol. The lowest BCUT2D eigenvalue weighted by molar-refractivity contribution is -0.182. The first-order valence-corrected chi connectivity index (χ1v) is 9.72. The van der Waals surface area contributed by atoms with Gasteiger partial charge in [0.2, 0.25) is 0 Å². The average Bonchev–Trinajstić information content (AvgIpc) is 3.34. The van der Waals surface area contributed by atoms with Crippen molar-refractivity contribution >= 4 is 11.9 Å². The predicted octanol–water partition coefficient (Wildman–Crippen LogP) is 2.14. The summed E-state index contributed by atoms with van der Waals surface area (Å²) in [5, 5.41) is 21.5. The van der Waals surface area contributed by atoms with Crippen molar-refractivity contribution in [3.63, 3.8) is 0 Å². The zero-order chi connectivity index (χ0) is 20.1. The van der Waals surface area contributed by atoms with Gasteiger partial charge in [0.15, 0.2) is 0 Å². The van der Waals surface area contributed by atoms with Crippen LogP contribution in [0.5, 0.6) is 0 Å². The number of ether oxygens (including phenoxy) is 2. The summed E-state index contributed by atoms with van der Waals surface area (Å²) >= 11 is 0. The number of esters is 2. The summed E-state index contributed by atoms with van der Waals surface area (Å²) in [7, 11) is 1.28. The molecule has 1 saturated carbocycles. The first-order chi connectivity index (χ1) is 13.4. The van der Waals surface area contributed by atoms with Crippen LogP contribution in [0.25, 0.3) is 0 Å². The Labute approximate surface area is 163 Å². The molecular formula is C21H26O7. The van der Waals surface area contributed by atoms with Gasteiger partial charge in [-0.15, -0.1) is 0 Å². The quantitative estimate of drug-likeness (QED) is 0.762. The van der Waals surface area contributed by atoms with Gasteiger partial charge in [0.1, 0.15) is 6.10 Å². The molecule has 4 rings (SSSR count). The maximum absolute atomic E-state index is 13.3. The summed E-state index contributed by atoms with van der Waals surface area (Å²) in [6.45, 7) is 1.51.